The van der Waals surface area contributed by atoms with Crippen LogP contribution in [0, 0.1) is 11.8 Å². The molecule has 5 atom stereocenters. The molecule has 308 valence electrons. The van der Waals surface area contributed by atoms with Crippen molar-refractivity contribution in [1.29, 1.82) is 0 Å². The first-order valence-corrected chi connectivity index (χ1v) is 21.2. The van der Waals surface area contributed by atoms with Gasteiger partial charge in [0, 0.05) is 30.3 Å². The molecule has 4 aliphatic rings. The van der Waals surface area contributed by atoms with Crippen LogP contribution in [0.2, 0.25) is 0 Å². The Balaban J connectivity index is 1.27. The van der Waals surface area contributed by atoms with Gasteiger partial charge in [0.05, 0.1) is 18.9 Å². The fraction of sp³-hybridized carbons (Fsp3) is 0.561. The fourth-order valence-corrected chi connectivity index (χ4v) is 8.94. The monoisotopic (exact) mass is 807 g/mol. The normalized spacial score (nSPS) is 24.1. The van der Waals surface area contributed by atoms with E-state index in [1.54, 1.807) is 52.3 Å². The summed E-state index contributed by atoms with van der Waals surface area (Å²) in [5.41, 5.74) is -2.49. The molecular weight excluding hydrogens is 755 g/mol. The van der Waals surface area contributed by atoms with E-state index in [0.717, 1.165) is 31.1 Å². The fourth-order valence-electron chi connectivity index (χ4n) is 7.57. The first-order valence-electron chi connectivity index (χ1n) is 19.6. The van der Waals surface area contributed by atoms with E-state index in [0.29, 0.717) is 29.9 Å². The molecule has 0 radical (unpaired) electrons. The summed E-state index contributed by atoms with van der Waals surface area (Å²) in [6.45, 7) is 8.68. The SMILES string of the molecule is C=CC1CC1(NC(=O)C1CC(Oc2nccc3cc(OC)ccc23)CN1C(=O)C(CCC(=O)C=CC1CCCC1)NC(=O)OC(C)(C)C)C(=O)NS(=O)(=O)C1CC1. The average molecular weight is 808 g/mol. The summed E-state index contributed by atoms with van der Waals surface area (Å²) < 4.78 is 44.9. The number of nitrogens with one attached hydrogen (secondary N) is 3. The molecular formula is C41H53N5O10S. The number of methoxy groups -OCH3 is 1. The van der Waals surface area contributed by atoms with Crippen molar-refractivity contribution in [3.63, 3.8) is 0 Å². The third kappa shape index (κ3) is 10.1. The van der Waals surface area contributed by atoms with Crippen molar-refractivity contribution in [2.45, 2.75) is 120 Å². The largest absolute Gasteiger partial charge is 0.497 e. The summed E-state index contributed by atoms with van der Waals surface area (Å²) in [6.07, 6.45) is 9.88. The lowest BCUT2D eigenvalue weighted by Gasteiger charge is -2.30. The van der Waals surface area contributed by atoms with Crippen LogP contribution in [0.4, 0.5) is 4.79 Å². The molecule has 2 aromatic rings. The molecule has 4 amide bonds. The lowest BCUT2D eigenvalue weighted by Crippen LogP contribution is -2.58. The van der Waals surface area contributed by atoms with Crippen molar-refractivity contribution >= 4 is 50.4 Å². The predicted octanol–water partition coefficient (Wildman–Crippen LogP) is 4.25. The summed E-state index contributed by atoms with van der Waals surface area (Å²) in [5, 5.41) is 6.18. The maximum Gasteiger partial charge on any atom is 0.408 e. The second kappa shape index (κ2) is 16.9. The maximum atomic E-state index is 14.6. The summed E-state index contributed by atoms with van der Waals surface area (Å²) in [4.78, 5) is 74.3. The zero-order valence-electron chi connectivity index (χ0n) is 33.0. The van der Waals surface area contributed by atoms with Gasteiger partial charge >= 0.3 is 6.09 Å². The summed E-state index contributed by atoms with van der Waals surface area (Å²) in [5.74, 6) is -1.81. The Morgan fingerprint density at radius 1 is 1.09 bits per heavy atom. The second-order valence-electron chi connectivity index (χ2n) is 16.5. The van der Waals surface area contributed by atoms with Crippen molar-refractivity contribution in [1.82, 2.24) is 25.2 Å². The Morgan fingerprint density at radius 3 is 2.47 bits per heavy atom. The number of ketones is 1. The molecule has 5 unspecified atom stereocenters. The molecule has 3 aliphatic carbocycles. The molecule has 1 aromatic heterocycles. The van der Waals surface area contributed by atoms with E-state index in [1.807, 2.05) is 12.1 Å². The Hall–Kier alpha value is -4.99. The number of allylic oxidation sites excluding steroid dienone is 2. The van der Waals surface area contributed by atoms with Gasteiger partial charge in [0.25, 0.3) is 5.91 Å². The number of hydrogen-bond acceptors (Lipinski definition) is 11. The third-order valence-corrected chi connectivity index (χ3v) is 12.8. The molecule has 2 heterocycles. The molecule has 1 aliphatic heterocycles. The molecule has 6 rings (SSSR count). The van der Waals surface area contributed by atoms with Crippen LogP contribution in [0.5, 0.6) is 11.6 Å². The number of benzene rings is 1. The molecule has 0 spiro atoms. The van der Waals surface area contributed by atoms with Gasteiger partial charge in [-0.2, -0.15) is 0 Å². The summed E-state index contributed by atoms with van der Waals surface area (Å²) in [7, 11) is -2.38. The minimum atomic E-state index is -3.93. The molecule has 1 saturated heterocycles. The van der Waals surface area contributed by atoms with Crippen molar-refractivity contribution < 1.29 is 46.6 Å². The zero-order valence-corrected chi connectivity index (χ0v) is 33.8. The minimum Gasteiger partial charge on any atom is -0.497 e. The van der Waals surface area contributed by atoms with Crippen LogP contribution in [0.15, 0.2) is 55.3 Å². The molecule has 15 nitrogen and oxygen atoms in total. The van der Waals surface area contributed by atoms with E-state index in [-0.39, 0.29) is 43.9 Å². The Morgan fingerprint density at radius 2 is 1.82 bits per heavy atom. The predicted molar refractivity (Wildman–Crippen MR) is 211 cm³/mol. The van der Waals surface area contributed by atoms with Crippen molar-refractivity contribution in [2.75, 3.05) is 13.7 Å². The highest BCUT2D eigenvalue weighted by molar-refractivity contribution is 7.91. The Labute approximate surface area is 333 Å². The van der Waals surface area contributed by atoms with Gasteiger partial charge in [-0.05, 0) is 101 Å². The molecule has 16 heteroatoms. The van der Waals surface area contributed by atoms with Crippen LogP contribution in [0.25, 0.3) is 10.8 Å². The van der Waals surface area contributed by atoms with E-state index >= 15 is 0 Å². The number of fused-ring (bicyclic) bond motifs is 1. The smallest absolute Gasteiger partial charge is 0.408 e. The van der Waals surface area contributed by atoms with Crippen molar-refractivity contribution in [2.24, 2.45) is 11.8 Å². The molecule has 0 bridgehead atoms. The van der Waals surface area contributed by atoms with Gasteiger partial charge in [-0.15, -0.1) is 6.58 Å². The maximum absolute atomic E-state index is 14.6. The highest BCUT2D eigenvalue weighted by Gasteiger charge is 2.62. The number of amides is 4. The topological polar surface area (TPSA) is 199 Å². The molecule has 4 fully saturated rings. The number of likely N-dealkylation sites (tertiary alicyclic amines) is 1. The van der Waals surface area contributed by atoms with Gasteiger partial charge in [0.15, 0.2) is 5.78 Å². The van der Waals surface area contributed by atoms with Crippen LogP contribution in [-0.2, 0) is 33.9 Å². The number of pyridine rings is 1. The number of carbonyl (C=O) groups is 5. The van der Waals surface area contributed by atoms with Gasteiger partial charge in [-0.25, -0.2) is 18.2 Å². The van der Waals surface area contributed by atoms with Crippen LogP contribution in [0.1, 0.15) is 85.0 Å². The van der Waals surface area contributed by atoms with Gasteiger partial charge < -0.3 is 29.7 Å². The summed E-state index contributed by atoms with van der Waals surface area (Å²) >= 11 is 0. The van der Waals surface area contributed by atoms with E-state index in [9.17, 15) is 32.4 Å². The van der Waals surface area contributed by atoms with Crippen molar-refractivity contribution in [3.05, 3.63) is 55.3 Å². The van der Waals surface area contributed by atoms with Gasteiger partial charge in [0.2, 0.25) is 27.7 Å². The number of nitrogens with zero attached hydrogens (tertiary/aromatic N) is 2. The van der Waals surface area contributed by atoms with Crippen molar-refractivity contribution in [3.8, 4) is 11.6 Å². The van der Waals surface area contributed by atoms with E-state index < -0.39 is 74.3 Å². The summed E-state index contributed by atoms with van der Waals surface area (Å²) in [6, 6.07) is 4.66. The number of carbonyl (C=O) groups excluding carboxylic acids is 5. The number of ether oxygens (including phenoxy) is 3. The number of aromatic nitrogens is 1. The highest BCUT2D eigenvalue weighted by atomic mass is 32.2. The van der Waals surface area contributed by atoms with Crippen LogP contribution in [0.3, 0.4) is 0 Å². The van der Waals surface area contributed by atoms with Crippen LogP contribution >= 0.6 is 0 Å². The van der Waals surface area contributed by atoms with Gasteiger partial charge in [-0.1, -0.05) is 25.0 Å². The number of alkyl carbamates (subject to hydrolysis) is 1. The molecule has 3 saturated carbocycles. The number of rotatable bonds is 16. The van der Waals surface area contributed by atoms with Gasteiger partial charge in [0.1, 0.15) is 35.1 Å². The quantitative estimate of drug-likeness (QED) is 0.162. The second-order valence-corrected chi connectivity index (χ2v) is 18.4. The Kier molecular flexibility index (Phi) is 12.3. The van der Waals surface area contributed by atoms with Crippen LogP contribution < -0.4 is 24.8 Å². The Bertz CT molecular complexity index is 2040. The lowest BCUT2D eigenvalue weighted by molar-refractivity contribution is -0.141. The third-order valence-electron chi connectivity index (χ3n) is 10.9. The first kappa shape index (κ1) is 41.6. The molecule has 57 heavy (non-hydrogen) atoms. The van der Waals surface area contributed by atoms with Crippen LogP contribution in [-0.4, -0.2) is 96.1 Å². The van der Waals surface area contributed by atoms with E-state index in [1.165, 1.54) is 17.1 Å². The standard InChI is InChI=1S/C41H53N5O10S/c1-6-27-23-41(27,38(50)45-57(52,53)31-15-16-31)44-35(48)34-22-30(55-36-32-17-14-29(54-5)21-26(32)19-20-42-36)24-46(34)37(49)33(43-39(51)56-40(2,3)4)18-13-28(47)12-11-25-9-7-8-10-25/h6,11-12,14,17,19-21,25,27,30-31,33-34H,1,7-10,13,15-16,18,22-24H2,2-5H3,(H,43,51)(H,44,48)(H,45,50). The first-order chi connectivity index (χ1) is 27.0. The minimum absolute atomic E-state index is 0.0369. The number of hydrogen-bond donors (Lipinski definition) is 3. The van der Waals surface area contributed by atoms with Gasteiger partial charge in [-0.3, -0.25) is 23.9 Å². The van der Waals surface area contributed by atoms with E-state index in [2.05, 4.69) is 26.9 Å². The number of sulfonamides is 1. The molecule has 1 aromatic carbocycles. The average Bonchev–Trinajstić information content (AvgIpc) is 4.04. The highest BCUT2D eigenvalue weighted by Crippen LogP contribution is 2.45. The molecule has 3 N–H and O–H groups in total. The van der Waals surface area contributed by atoms with E-state index in [4.69, 9.17) is 14.2 Å². The lowest BCUT2D eigenvalue weighted by atomic mass is 10.0. The zero-order chi connectivity index (χ0) is 41.1.